The van der Waals surface area contributed by atoms with Crippen molar-refractivity contribution in [3.8, 4) is 0 Å². The Morgan fingerprint density at radius 1 is 1.55 bits per heavy atom. The van der Waals surface area contributed by atoms with Crippen molar-refractivity contribution in [3.05, 3.63) is 28.9 Å². The predicted molar refractivity (Wildman–Crippen MR) is 45.2 cm³/mol. The quantitative estimate of drug-likeness (QED) is 0.539. The van der Waals surface area contributed by atoms with Gasteiger partial charge in [-0.25, -0.2) is 0 Å². The van der Waals surface area contributed by atoms with Gasteiger partial charge in [-0.3, -0.25) is 4.98 Å². The average Bonchev–Trinajstić information content (AvgIpc) is 2.06. The third-order valence-corrected chi connectivity index (χ3v) is 2.00. The smallest absolute Gasteiger partial charge is 0.110 e. The van der Waals surface area contributed by atoms with Crippen molar-refractivity contribution in [2.24, 2.45) is 0 Å². The fraction of sp³-hybridized carbons (Fsp3) is 0.125. The number of nitrogens with one attached hydrogen (secondary N) is 1. The number of hydrogen-bond donors (Lipinski definition) is 1. The zero-order chi connectivity index (χ0) is 7.68. The molecule has 1 N–H and O–H groups in total. The van der Waals surface area contributed by atoms with E-state index in [1.807, 2.05) is 12.3 Å². The normalized spacial score (nSPS) is 14.8. The summed E-state index contributed by atoms with van der Waals surface area (Å²) in [6, 6.07) is 1.90. The standard InChI is InChI=1S/C8H7ClN2/c9-8-7-2-3-10-5-6(7)1-4-11-8/h1-3,5,11H,4H2. The Bertz CT molecular complexity index is 383. The molecule has 0 spiro atoms. The molecule has 0 bridgehead atoms. The summed E-state index contributed by atoms with van der Waals surface area (Å²) in [5.41, 5.74) is 0. The molecule has 2 heterocycles. The number of fused-ring (bicyclic) bond motifs is 1. The van der Waals surface area contributed by atoms with E-state index in [0.29, 0.717) is 5.16 Å². The molecular formula is C8H7ClN2. The summed E-state index contributed by atoms with van der Waals surface area (Å²) < 4.78 is 0. The molecule has 11 heavy (non-hydrogen) atoms. The van der Waals surface area contributed by atoms with Gasteiger partial charge in [0.25, 0.3) is 0 Å². The van der Waals surface area contributed by atoms with Gasteiger partial charge < -0.3 is 5.32 Å². The Hall–Kier alpha value is -1.02. The summed E-state index contributed by atoms with van der Waals surface area (Å²) in [5.74, 6) is 0. The maximum absolute atomic E-state index is 5.90. The maximum Gasteiger partial charge on any atom is 0.110 e. The van der Waals surface area contributed by atoms with Gasteiger partial charge in [-0.15, -0.1) is 0 Å². The van der Waals surface area contributed by atoms with Gasteiger partial charge >= 0.3 is 0 Å². The molecule has 0 unspecified atom stereocenters. The molecule has 0 amide bonds. The number of aromatic nitrogens is 1. The molecule has 1 aromatic rings. The van der Waals surface area contributed by atoms with Gasteiger partial charge in [0, 0.05) is 29.4 Å². The maximum atomic E-state index is 5.90. The fourth-order valence-electron chi connectivity index (χ4n) is 1.12. The monoisotopic (exact) mass is 166 g/mol. The summed E-state index contributed by atoms with van der Waals surface area (Å²) in [6.45, 7) is 0.789. The third-order valence-electron chi connectivity index (χ3n) is 1.67. The average molecular weight is 167 g/mol. The van der Waals surface area contributed by atoms with E-state index < -0.39 is 0 Å². The summed E-state index contributed by atoms with van der Waals surface area (Å²) in [6.07, 6.45) is 5.62. The number of halogens is 1. The van der Waals surface area contributed by atoms with E-state index in [2.05, 4.69) is 16.4 Å². The van der Waals surface area contributed by atoms with E-state index in [1.54, 1.807) is 6.20 Å². The highest BCUT2D eigenvalue weighted by atomic mass is 35.5. The first-order chi connectivity index (χ1) is 5.38. The minimum absolute atomic E-state index is 0.713. The first-order valence-corrected chi connectivity index (χ1v) is 3.79. The number of pyridine rings is 1. The first-order valence-electron chi connectivity index (χ1n) is 3.42. The molecule has 2 rings (SSSR count). The molecule has 0 fully saturated rings. The van der Waals surface area contributed by atoms with Crippen molar-refractivity contribution in [1.29, 1.82) is 0 Å². The van der Waals surface area contributed by atoms with E-state index in [9.17, 15) is 0 Å². The lowest BCUT2D eigenvalue weighted by molar-refractivity contribution is 1.03. The predicted octanol–water partition coefficient (Wildman–Crippen LogP) is -0.230. The first kappa shape index (κ1) is 6.68. The topological polar surface area (TPSA) is 24.9 Å². The highest BCUT2D eigenvalue weighted by Crippen LogP contribution is 1.93. The Morgan fingerprint density at radius 3 is 3.27 bits per heavy atom. The van der Waals surface area contributed by atoms with Crippen molar-refractivity contribution in [2.75, 3.05) is 6.54 Å². The second-order valence-electron chi connectivity index (χ2n) is 2.36. The van der Waals surface area contributed by atoms with Crippen LogP contribution >= 0.6 is 11.6 Å². The molecule has 0 atom stereocenters. The summed E-state index contributed by atoms with van der Waals surface area (Å²) in [4.78, 5) is 4.00. The summed E-state index contributed by atoms with van der Waals surface area (Å²) in [7, 11) is 0. The lowest BCUT2D eigenvalue weighted by Gasteiger charge is -2.05. The number of nitrogens with zero attached hydrogens (tertiary/aromatic N) is 1. The van der Waals surface area contributed by atoms with Crippen LogP contribution in [-0.2, 0) is 0 Å². The molecule has 1 aliphatic heterocycles. The molecule has 3 heteroatoms. The molecule has 1 aromatic heterocycles. The van der Waals surface area contributed by atoms with Gasteiger partial charge in [0.05, 0.1) is 0 Å². The van der Waals surface area contributed by atoms with E-state index in [1.165, 1.54) is 0 Å². The van der Waals surface area contributed by atoms with Crippen LogP contribution in [0.2, 0.25) is 0 Å². The van der Waals surface area contributed by atoms with Crippen LogP contribution in [0.15, 0.2) is 18.5 Å². The van der Waals surface area contributed by atoms with Gasteiger partial charge in [0.15, 0.2) is 0 Å². The van der Waals surface area contributed by atoms with E-state index in [0.717, 1.165) is 17.0 Å². The zero-order valence-electron chi connectivity index (χ0n) is 5.84. The summed E-state index contributed by atoms with van der Waals surface area (Å²) >= 11 is 5.90. The number of rotatable bonds is 0. The van der Waals surface area contributed by atoms with Crippen LogP contribution in [0.4, 0.5) is 0 Å². The van der Waals surface area contributed by atoms with Crippen molar-refractivity contribution in [3.63, 3.8) is 0 Å². The van der Waals surface area contributed by atoms with Crippen LogP contribution in [0.1, 0.15) is 0 Å². The minimum Gasteiger partial charge on any atom is -0.372 e. The molecule has 0 saturated carbocycles. The van der Waals surface area contributed by atoms with Crippen LogP contribution in [-0.4, -0.2) is 11.5 Å². The van der Waals surface area contributed by atoms with Gasteiger partial charge in [-0.05, 0) is 6.07 Å². The largest absolute Gasteiger partial charge is 0.372 e. The lowest BCUT2D eigenvalue weighted by atomic mass is 10.2. The van der Waals surface area contributed by atoms with Crippen molar-refractivity contribution >= 4 is 22.8 Å². The molecular weight excluding hydrogens is 160 g/mol. The van der Waals surface area contributed by atoms with Crippen LogP contribution < -0.4 is 15.8 Å². The van der Waals surface area contributed by atoms with Crippen LogP contribution in [0.3, 0.4) is 0 Å². The molecule has 0 saturated heterocycles. The van der Waals surface area contributed by atoms with Crippen molar-refractivity contribution in [1.82, 2.24) is 10.3 Å². The van der Waals surface area contributed by atoms with E-state index >= 15 is 0 Å². The third kappa shape index (κ3) is 1.10. The Kier molecular flexibility index (Phi) is 1.55. The Balaban J connectivity index is 2.89. The van der Waals surface area contributed by atoms with Gasteiger partial charge in [-0.1, -0.05) is 17.7 Å². The molecule has 56 valence electrons. The van der Waals surface area contributed by atoms with Crippen LogP contribution in [0.25, 0.3) is 11.2 Å². The fourth-order valence-corrected chi connectivity index (χ4v) is 1.36. The van der Waals surface area contributed by atoms with Crippen LogP contribution in [0.5, 0.6) is 0 Å². The molecule has 0 aliphatic carbocycles. The summed E-state index contributed by atoms with van der Waals surface area (Å²) in [5, 5.41) is 5.89. The Labute approximate surface area is 69.2 Å². The molecule has 0 radical (unpaired) electrons. The number of hydrogen-bond acceptors (Lipinski definition) is 2. The second-order valence-corrected chi connectivity index (χ2v) is 2.74. The van der Waals surface area contributed by atoms with Gasteiger partial charge in [0.2, 0.25) is 0 Å². The lowest BCUT2D eigenvalue weighted by Crippen LogP contribution is -2.35. The van der Waals surface area contributed by atoms with Gasteiger partial charge in [0.1, 0.15) is 5.16 Å². The highest BCUT2D eigenvalue weighted by molar-refractivity contribution is 6.44. The Morgan fingerprint density at radius 2 is 2.45 bits per heavy atom. The molecule has 2 nitrogen and oxygen atoms in total. The SMILES string of the molecule is ClC1=c2ccncc2=CCN1. The van der Waals surface area contributed by atoms with Crippen LogP contribution in [0, 0.1) is 0 Å². The van der Waals surface area contributed by atoms with Crippen molar-refractivity contribution < 1.29 is 0 Å². The minimum atomic E-state index is 0.713. The highest BCUT2D eigenvalue weighted by Gasteiger charge is 1.97. The van der Waals surface area contributed by atoms with E-state index in [4.69, 9.17) is 11.6 Å². The second kappa shape index (κ2) is 2.55. The molecule has 0 aromatic carbocycles. The van der Waals surface area contributed by atoms with Gasteiger partial charge in [-0.2, -0.15) is 0 Å². The van der Waals surface area contributed by atoms with E-state index in [-0.39, 0.29) is 0 Å². The zero-order valence-corrected chi connectivity index (χ0v) is 6.60. The van der Waals surface area contributed by atoms with Crippen molar-refractivity contribution in [2.45, 2.75) is 0 Å². The molecule has 1 aliphatic rings.